The number of nitrogens with one attached hydrogen (secondary N) is 1. The molecule has 1 N–H and O–H groups in total. The molecule has 0 aliphatic carbocycles. The molecule has 27 heavy (non-hydrogen) atoms. The van der Waals surface area contributed by atoms with Crippen molar-refractivity contribution in [3.63, 3.8) is 0 Å². The summed E-state index contributed by atoms with van der Waals surface area (Å²) in [6, 6.07) is 8.11. The molecular formula is C17H15F3N4O2S. The van der Waals surface area contributed by atoms with Crippen molar-refractivity contribution in [2.24, 2.45) is 0 Å². The largest absolute Gasteiger partial charge is 0.496 e. The monoisotopic (exact) mass is 396 g/mol. The van der Waals surface area contributed by atoms with E-state index in [0.717, 1.165) is 23.0 Å². The summed E-state index contributed by atoms with van der Waals surface area (Å²) in [6.07, 6.45) is -4.57. The van der Waals surface area contributed by atoms with Gasteiger partial charge in [-0.15, -0.1) is 11.3 Å². The number of alkyl halides is 3. The van der Waals surface area contributed by atoms with Crippen molar-refractivity contribution >= 4 is 17.2 Å². The van der Waals surface area contributed by atoms with E-state index in [0.29, 0.717) is 10.4 Å². The molecule has 0 bridgehead atoms. The fourth-order valence-corrected chi connectivity index (χ4v) is 3.19. The number of hydrogen-bond acceptors (Lipinski definition) is 5. The molecule has 1 aromatic carbocycles. The van der Waals surface area contributed by atoms with Crippen LogP contribution in [0.25, 0.3) is 5.13 Å². The van der Waals surface area contributed by atoms with Crippen molar-refractivity contribution < 1.29 is 22.7 Å². The Kier molecular flexibility index (Phi) is 5.17. The minimum atomic E-state index is -4.57. The lowest BCUT2D eigenvalue weighted by Crippen LogP contribution is -2.23. The summed E-state index contributed by atoms with van der Waals surface area (Å²) in [5.74, 6) is 0.124. The Morgan fingerprint density at radius 3 is 2.78 bits per heavy atom. The molecule has 0 aliphatic rings. The number of nitrogens with zero attached hydrogens (tertiary/aromatic N) is 3. The second kappa shape index (κ2) is 7.39. The zero-order valence-electron chi connectivity index (χ0n) is 14.4. The lowest BCUT2D eigenvalue weighted by Gasteiger charge is -2.08. The van der Waals surface area contributed by atoms with Crippen molar-refractivity contribution in [3.05, 3.63) is 58.4 Å². The van der Waals surface area contributed by atoms with Crippen LogP contribution >= 0.6 is 11.3 Å². The normalized spacial score (nSPS) is 11.4. The molecule has 3 rings (SSSR count). The van der Waals surface area contributed by atoms with Crippen molar-refractivity contribution in [1.82, 2.24) is 20.1 Å². The third-order valence-corrected chi connectivity index (χ3v) is 4.48. The Balaban J connectivity index is 1.77. The van der Waals surface area contributed by atoms with Gasteiger partial charge in [0.1, 0.15) is 11.4 Å². The van der Waals surface area contributed by atoms with Gasteiger partial charge in [0.2, 0.25) is 5.13 Å². The number of hydrogen-bond donors (Lipinski definition) is 1. The first-order valence-corrected chi connectivity index (χ1v) is 8.67. The molecule has 0 aliphatic heterocycles. The van der Waals surface area contributed by atoms with Crippen LogP contribution in [0.2, 0.25) is 0 Å². The van der Waals surface area contributed by atoms with Crippen LogP contribution in [0.5, 0.6) is 5.75 Å². The van der Waals surface area contributed by atoms with E-state index in [4.69, 9.17) is 4.74 Å². The Bertz CT molecular complexity index is 965. The molecule has 0 saturated heterocycles. The number of thiazole rings is 1. The van der Waals surface area contributed by atoms with Crippen LogP contribution in [0.3, 0.4) is 0 Å². The molecule has 0 fully saturated rings. The second-order valence-electron chi connectivity index (χ2n) is 5.59. The highest BCUT2D eigenvalue weighted by atomic mass is 32.1. The predicted octanol–water partition coefficient (Wildman–Crippen LogP) is 3.59. The quantitative estimate of drug-likeness (QED) is 0.716. The van der Waals surface area contributed by atoms with Crippen molar-refractivity contribution in [2.45, 2.75) is 19.6 Å². The van der Waals surface area contributed by atoms with Gasteiger partial charge in [-0.25, -0.2) is 9.67 Å². The first kappa shape index (κ1) is 18.9. The molecule has 3 aromatic rings. The molecule has 0 saturated carbocycles. The Labute approximate surface area is 156 Å². The van der Waals surface area contributed by atoms with E-state index >= 15 is 0 Å². The highest BCUT2D eigenvalue weighted by molar-refractivity contribution is 7.12. The number of rotatable bonds is 5. The molecule has 0 unspecified atom stereocenters. The second-order valence-corrected chi connectivity index (χ2v) is 6.43. The van der Waals surface area contributed by atoms with E-state index in [1.54, 1.807) is 18.2 Å². The minimum absolute atomic E-state index is 0.0196. The molecule has 6 nitrogen and oxygen atoms in total. The van der Waals surface area contributed by atoms with Gasteiger partial charge in [0.25, 0.3) is 5.91 Å². The van der Waals surface area contributed by atoms with E-state index in [2.05, 4.69) is 15.4 Å². The van der Waals surface area contributed by atoms with Crippen LogP contribution in [0.1, 0.15) is 27.4 Å². The number of halogens is 3. The highest BCUT2D eigenvalue weighted by Crippen LogP contribution is 2.32. The van der Waals surface area contributed by atoms with Crippen LogP contribution in [0, 0.1) is 6.92 Å². The molecule has 0 atom stereocenters. The molecular weight excluding hydrogens is 381 g/mol. The number of benzene rings is 1. The summed E-state index contributed by atoms with van der Waals surface area (Å²) in [5, 5.41) is 7.87. The SMILES string of the molecule is COc1ccccc1CNC(=O)c1csc(-n2nc(C)cc2C(F)(F)F)n1. The van der Waals surface area contributed by atoms with Gasteiger partial charge in [-0.1, -0.05) is 18.2 Å². The number of aromatic nitrogens is 3. The molecule has 2 heterocycles. The molecule has 10 heteroatoms. The number of carbonyl (C=O) groups is 1. The number of para-hydroxylation sites is 1. The van der Waals surface area contributed by atoms with Gasteiger partial charge in [0.15, 0.2) is 5.69 Å². The fourth-order valence-electron chi connectivity index (χ4n) is 2.43. The van der Waals surface area contributed by atoms with Gasteiger partial charge >= 0.3 is 6.18 Å². The van der Waals surface area contributed by atoms with Crippen LogP contribution in [-0.4, -0.2) is 27.8 Å². The average molecular weight is 396 g/mol. The summed E-state index contributed by atoms with van der Waals surface area (Å²) >= 11 is 0.908. The minimum Gasteiger partial charge on any atom is -0.496 e. The van der Waals surface area contributed by atoms with E-state index < -0.39 is 17.8 Å². The van der Waals surface area contributed by atoms with Crippen molar-refractivity contribution in [1.29, 1.82) is 0 Å². The topological polar surface area (TPSA) is 69.0 Å². The van der Waals surface area contributed by atoms with Crippen molar-refractivity contribution in [2.75, 3.05) is 7.11 Å². The highest BCUT2D eigenvalue weighted by Gasteiger charge is 2.36. The van der Waals surface area contributed by atoms with Crippen LogP contribution in [-0.2, 0) is 12.7 Å². The lowest BCUT2D eigenvalue weighted by molar-refractivity contribution is -0.142. The fraction of sp³-hybridized carbons (Fsp3) is 0.235. The van der Waals surface area contributed by atoms with E-state index in [1.807, 2.05) is 6.07 Å². The Morgan fingerprint density at radius 1 is 1.33 bits per heavy atom. The average Bonchev–Trinajstić information content (AvgIpc) is 3.26. The number of ether oxygens (including phenoxy) is 1. The van der Waals surface area contributed by atoms with Gasteiger partial charge in [-0.2, -0.15) is 18.3 Å². The number of methoxy groups -OCH3 is 1. The lowest BCUT2D eigenvalue weighted by atomic mass is 10.2. The van der Waals surface area contributed by atoms with Crippen LogP contribution in [0.15, 0.2) is 35.7 Å². The van der Waals surface area contributed by atoms with Crippen LogP contribution < -0.4 is 10.1 Å². The Morgan fingerprint density at radius 2 is 2.07 bits per heavy atom. The maximum Gasteiger partial charge on any atom is 0.433 e. The summed E-state index contributed by atoms with van der Waals surface area (Å²) in [4.78, 5) is 16.3. The number of carbonyl (C=O) groups excluding carboxylic acids is 1. The van der Waals surface area contributed by atoms with Crippen LogP contribution in [0.4, 0.5) is 13.2 Å². The molecule has 1 amide bonds. The zero-order chi connectivity index (χ0) is 19.6. The molecule has 0 spiro atoms. The molecule has 0 radical (unpaired) electrons. The van der Waals surface area contributed by atoms with Gasteiger partial charge in [0, 0.05) is 17.5 Å². The van der Waals surface area contributed by atoms with Crippen molar-refractivity contribution in [3.8, 4) is 10.9 Å². The summed E-state index contributed by atoms with van der Waals surface area (Å²) in [6.45, 7) is 1.66. The van der Waals surface area contributed by atoms with E-state index in [1.165, 1.54) is 19.4 Å². The zero-order valence-corrected chi connectivity index (χ0v) is 15.2. The summed E-state index contributed by atoms with van der Waals surface area (Å²) in [5.41, 5.74) is 0.0621. The maximum atomic E-state index is 13.1. The van der Waals surface area contributed by atoms with Gasteiger partial charge in [0.05, 0.1) is 12.8 Å². The molecule has 2 aromatic heterocycles. The van der Waals surface area contributed by atoms with Gasteiger partial charge in [-0.05, 0) is 19.1 Å². The van der Waals surface area contributed by atoms with Gasteiger partial charge < -0.3 is 10.1 Å². The third kappa shape index (κ3) is 4.11. The third-order valence-electron chi connectivity index (χ3n) is 3.66. The predicted molar refractivity (Wildman–Crippen MR) is 93.1 cm³/mol. The Hall–Kier alpha value is -2.88. The number of amides is 1. The van der Waals surface area contributed by atoms with E-state index in [-0.39, 0.29) is 23.1 Å². The number of aryl methyl sites for hydroxylation is 1. The maximum absolute atomic E-state index is 13.1. The standard InChI is InChI=1S/C17H15F3N4O2S/c1-10-7-14(17(18,19)20)24(23-10)16-22-12(9-27-16)15(25)21-8-11-5-3-4-6-13(11)26-2/h3-7,9H,8H2,1-2H3,(H,21,25). The summed E-state index contributed by atoms with van der Waals surface area (Å²) in [7, 11) is 1.53. The van der Waals surface area contributed by atoms with E-state index in [9.17, 15) is 18.0 Å². The molecule has 142 valence electrons. The van der Waals surface area contributed by atoms with Gasteiger partial charge in [-0.3, -0.25) is 4.79 Å². The summed E-state index contributed by atoms with van der Waals surface area (Å²) < 4.78 is 45.3. The smallest absolute Gasteiger partial charge is 0.433 e. The first-order valence-electron chi connectivity index (χ1n) is 7.79. The first-order chi connectivity index (χ1) is 12.8.